The second-order valence-electron chi connectivity index (χ2n) is 3.55. The first-order valence-corrected chi connectivity index (χ1v) is 5.41. The van der Waals surface area contributed by atoms with Gasteiger partial charge in [-0.05, 0) is 13.0 Å². The summed E-state index contributed by atoms with van der Waals surface area (Å²) < 4.78 is 5.26. The van der Waals surface area contributed by atoms with Gasteiger partial charge in [0.05, 0.1) is 18.4 Å². The highest BCUT2D eigenvalue weighted by Crippen LogP contribution is 2.30. The number of nitrogens with one attached hydrogen (secondary N) is 1. The Balaban J connectivity index is 2.77. The van der Waals surface area contributed by atoms with Crippen molar-refractivity contribution >= 4 is 16.6 Å². The van der Waals surface area contributed by atoms with E-state index < -0.39 is 0 Å². The number of nitrogens with zero attached hydrogens (tertiary/aromatic N) is 2. The van der Waals surface area contributed by atoms with Crippen molar-refractivity contribution < 1.29 is 4.74 Å². The molecule has 0 radical (unpaired) electrons. The van der Waals surface area contributed by atoms with Gasteiger partial charge in [0, 0.05) is 18.1 Å². The molecule has 4 heteroatoms. The summed E-state index contributed by atoms with van der Waals surface area (Å²) in [6.07, 6.45) is 1.57. The topological polar surface area (TPSA) is 57.9 Å². The van der Waals surface area contributed by atoms with Gasteiger partial charge < -0.3 is 10.1 Å². The third-order valence-corrected chi connectivity index (χ3v) is 2.55. The fraction of sp³-hybridized carbons (Fsp3) is 0.231. The van der Waals surface area contributed by atoms with Crippen LogP contribution in [0.1, 0.15) is 12.5 Å². The van der Waals surface area contributed by atoms with Crippen LogP contribution in [0.15, 0.2) is 24.4 Å². The van der Waals surface area contributed by atoms with Crippen molar-refractivity contribution in [2.45, 2.75) is 6.92 Å². The summed E-state index contributed by atoms with van der Waals surface area (Å²) in [5.74, 6) is 0.714. The Morgan fingerprint density at radius 3 is 2.94 bits per heavy atom. The average molecular weight is 227 g/mol. The molecule has 86 valence electrons. The van der Waals surface area contributed by atoms with Crippen LogP contribution in [-0.2, 0) is 0 Å². The quantitative estimate of drug-likeness (QED) is 0.875. The minimum absolute atomic E-state index is 0.549. The Morgan fingerprint density at radius 2 is 2.29 bits per heavy atom. The lowest BCUT2D eigenvalue weighted by Gasteiger charge is -2.11. The molecule has 0 saturated heterocycles. The van der Waals surface area contributed by atoms with Gasteiger partial charge in [-0.1, -0.05) is 12.1 Å². The van der Waals surface area contributed by atoms with Crippen LogP contribution in [-0.4, -0.2) is 18.6 Å². The number of hydrogen-bond acceptors (Lipinski definition) is 4. The molecule has 0 fully saturated rings. The first-order valence-electron chi connectivity index (χ1n) is 5.41. The predicted octanol–water partition coefficient (Wildman–Crippen LogP) is 2.55. The number of pyridine rings is 1. The molecule has 1 N–H and O–H groups in total. The van der Waals surface area contributed by atoms with E-state index >= 15 is 0 Å². The van der Waals surface area contributed by atoms with Crippen LogP contribution in [0.5, 0.6) is 5.75 Å². The molecule has 17 heavy (non-hydrogen) atoms. The molecular weight excluding hydrogens is 214 g/mol. The van der Waals surface area contributed by atoms with Gasteiger partial charge >= 0.3 is 0 Å². The normalized spacial score (nSPS) is 9.94. The Morgan fingerprint density at radius 1 is 1.47 bits per heavy atom. The molecule has 1 heterocycles. The van der Waals surface area contributed by atoms with Crippen LogP contribution in [0.25, 0.3) is 10.9 Å². The van der Waals surface area contributed by atoms with Gasteiger partial charge in [-0.2, -0.15) is 5.26 Å². The first-order chi connectivity index (χ1) is 8.31. The van der Waals surface area contributed by atoms with Crippen LogP contribution in [0.4, 0.5) is 5.69 Å². The summed E-state index contributed by atoms with van der Waals surface area (Å²) in [6, 6.07) is 7.83. The molecule has 1 aromatic carbocycles. The third kappa shape index (κ3) is 1.87. The predicted molar refractivity (Wildman–Crippen MR) is 67.2 cm³/mol. The van der Waals surface area contributed by atoms with Crippen LogP contribution in [0, 0.1) is 11.3 Å². The molecule has 0 aliphatic rings. The standard InChI is InChI=1S/C13H13N3O/c1-3-15-12-9(7-14)8-16-13-10(12)5-4-6-11(13)17-2/h4-6,8H,3H2,1-2H3,(H,15,16). The summed E-state index contributed by atoms with van der Waals surface area (Å²) in [5, 5.41) is 13.2. The number of fused-ring (bicyclic) bond motifs is 1. The molecule has 0 spiro atoms. The largest absolute Gasteiger partial charge is 0.494 e. The van der Waals surface area contributed by atoms with E-state index in [-0.39, 0.29) is 0 Å². The maximum absolute atomic E-state index is 9.07. The number of rotatable bonds is 3. The number of hydrogen-bond donors (Lipinski definition) is 1. The van der Waals surface area contributed by atoms with Crippen molar-refractivity contribution in [3.05, 3.63) is 30.0 Å². The van der Waals surface area contributed by atoms with E-state index in [1.54, 1.807) is 13.3 Å². The zero-order chi connectivity index (χ0) is 12.3. The minimum atomic E-state index is 0.549. The van der Waals surface area contributed by atoms with E-state index in [4.69, 9.17) is 10.00 Å². The zero-order valence-corrected chi connectivity index (χ0v) is 9.82. The van der Waals surface area contributed by atoms with Gasteiger partial charge in [0.25, 0.3) is 0 Å². The van der Waals surface area contributed by atoms with E-state index in [9.17, 15) is 0 Å². The number of nitriles is 1. The van der Waals surface area contributed by atoms with Crippen LogP contribution in [0.3, 0.4) is 0 Å². The summed E-state index contributed by atoms with van der Waals surface area (Å²) in [7, 11) is 1.61. The van der Waals surface area contributed by atoms with Crippen molar-refractivity contribution in [2.75, 3.05) is 19.0 Å². The Bertz CT molecular complexity index is 587. The number of anilines is 1. The van der Waals surface area contributed by atoms with E-state index in [0.29, 0.717) is 11.3 Å². The second kappa shape index (κ2) is 4.71. The highest BCUT2D eigenvalue weighted by molar-refractivity contribution is 5.97. The van der Waals surface area contributed by atoms with Crippen LogP contribution in [0.2, 0.25) is 0 Å². The van der Waals surface area contributed by atoms with Crippen molar-refractivity contribution in [1.29, 1.82) is 5.26 Å². The Kier molecular flexibility index (Phi) is 3.10. The van der Waals surface area contributed by atoms with Crippen LogP contribution < -0.4 is 10.1 Å². The van der Waals surface area contributed by atoms with Crippen molar-refractivity contribution in [3.63, 3.8) is 0 Å². The molecule has 2 aromatic rings. The van der Waals surface area contributed by atoms with Gasteiger partial charge in [-0.25, -0.2) is 0 Å². The van der Waals surface area contributed by atoms with E-state index in [1.807, 2.05) is 25.1 Å². The maximum Gasteiger partial charge on any atom is 0.145 e. The van der Waals surface area contributed by atoms with Crippen molar-refractivity contribution in [1.82, 2.24) is 4.98 Å². The lowest BCUT2D eigenvalue weighted by atomic mass is 10.1. The Hall–Kier alpha value is -2.28. The molecule has 4 nitrogen and oxygen atoms in total. The molecule has 0 amide bonds. The summed E-state index contributed by atoms with van der Waals surface area (Å²) in [4.78, 5) is 4.28. The minimum Gasteiger partial charge on any atom is -0.494 e. The summed E-state index contributed by atoms with van der Waals surface area (Å²) in [6.45, 7) is 2.75. The van der Waals surface area contributed by atoms with Crippen molar-refractivity contribution in [3.8, 4) is 11.8 Å². The number of benzene rings is 1. The first kappa shape index (κ1) is 11.2. The number of aromatic nitrogens is 1. The Labute approximate surface area is 99.8 Å². The number of methoxy groups -OCH3 is 1. The van der Waals surface area contributed by atoms with Gasteiger partial charge in [0.2, 0.25) is 0 Å². The van der Waals surface area contributed by atoms with Gasteiger partial charge in [-0.15, -0.1) is 0 Å². The monoisotopic (exact) mass is 227 g/mol. The van der Waals surface area contributed by atoms with Crippen LogP contribution >= 0.6 is 0 Å². The highest BCUT2D eigenvalue weighted by Gasteiger charge is 2.10. The lowest BCUT2D eigenvalue weighted by Crippen LogP contribution is -2.01. The molecule has 0 aliphatic heterocycles. The zero-order valence-electron chi connectivity index (χ0n) is 9.82. The fourth-order valence-corrected chi connectivity index (χ4v) is 1.81. The average Bonchev–Trinajstić information content (AvgIpc) is 2.38. The van der Waals surface area contributed by atoms with E-state index in [1.165, 1.54) is 0 Å². The summed E-state index contributed by atoms with van der Waals surface area (Å²) in [5.41, 5.74) is 2.14. The maximum atomic E-state index is 9.07. The fourth-order valence-electron chi connectivity index (χ4n) is 1.81. The molecule has 2 rings (SSSR count). The molecule has 0 saturated carbocycles. The van der Waals surface area contributed by atoms with Gasteiger partial charge in [0.1, 0.15) is 17.3 Å². The molecular formula is C13H13N3O. The molecule has 0 unspecified atom stereocenters. The molecule has 0 atom stereocenters. The smallest absolute Gasteiger partial charge is 0.145 e. The molecule has 0 aliphatic carbocycles. The summed E-state index contributed by atoms with van der Waals surface area (Å²) >= 11 is 0. The van der Waals surface area contributed by atoms with E-state index in [0.717, 1.165) is 23.1 Å². The SMILES string of the molecule is CCNc1c(C#N)cnc2c(OC)cccc12. The van der Waals surface area contributed by atoms with Crippen molar-refractivity contribution in [2.24, 2.45) is 0 Å². The number of ether oxygens (including phenoxy) is 1. The third-order valence-electron chi connectivity index (χ3n) is 2.55. The molecule has 1 aromatic heterocycles. The second-order valence-corrected chi connectivity index (χ2v) is 3.55. The lowest BCUT2D eigenvalue weighted by molar-refractivity contribution is 0.419. The van der Waals surface area contributed by atoms with Gasteiger partial charge in [0.15, 0.2) is 0 Å². The van der Waals surface area contributed by atoms with Gasteiger partial charge in [-0.3, -0.25) is 4.98 Å². The number of para-hydroxylation sites is 1. The molecule has 0 bridgehead atoms. The van der Waals surface area contributed by atoms with E-state index in [2.05, 4.69) is 16.4 Å². The highest BCUT2D eigenvalue weighted by atomic mass is 16.5.